The maximum Gasteiger partial charge on any atom is 0.0475 e. The first-order valence-corrected chi connectivity index (χ1v) is 2.34. The molecule has 0 radical (unpaired) electrons. The largest absolute Gasteiger partial charge is 0.299 e. The van der Waals surface area contributed by atoms with Crippen molar-refractivity contribution in [3.63, 3.8) is 0 Å². The molecule has 1 rings (SSSR count). The van der Waals surface area contributed by atoms with E-state index < -0.39 is 0 Å². The molecule has 0 aromatic carbocycles. The van der Waals surface area contributed by atoms with E-state index in [-0.39, 0.29) is 0 Å². The van der Waals surface area contributed by atoms with Gasteiger partial charge in [-0.2, -0.15) is 0 Å². The molecule has 0 amide bonds. The summed E-state index contributed by atoms with van der Waals surface area (Å²) in [7, 11) is 1.90. The smallest absolute Gasteiger partial charge is 0.0475 e. The summed E-state index contributed by atoms with van der Waals surface area (Å²) in [6, 6.07) is 0. The number of nitrogens with zero attached hydrogens (tertiary/aromatic N) is 2. The van der Waals surface area contributed by atoms with Crippen LogP contribution in [0.25, 0.3) is 0 Å². The van der Waals surface area contributed by atoms with Gasteiger partial charge in [-0.1, -0.05) is 0 Å². The van der Waals surface area contributed by atoms with Crippen LogP contribution in [0.3, 0.4) is 0 Å². The maximum absolute atomic E-state index is 3.95. The van der Waals surface area contributed by atoms with Gasteiger partial charge in [-0.05, 0) is 12.8 Å². The Morgan fingerprint density at radius 1 is 1.57 bits per heavy atom. The summed E-state index contributed by atoms with van der Waals surface area (Å²) in [4.78, 5) is 0. The molecule has 0 bridgehead atoms. The third-order valence-electron chi connectivity index (χ3n) is 0.692. The average molecular weight is 117 g/mol. The molecule has 7 heavy (non-hydrogen) atoms. The van der Waals surface area contributed by atoms with Crippen LogP contribution >= 0.6 is 12.8 Å². The molecule has 0 aliphatic carbocycles. The van der Waals surface area contributed by atoms with Crippen LogP contribution in [0.5, 0.6) is 0 Å². The number of thiol groups is 1. The van der Waals surface area contributed by atoms with Crippen molar-refractivity contribution >= 4 is 12.8 Å². The second-order valence-corrected chi connectivity index (χ2v) is 1.78. The van der Waals surface area contributed by atoms with Crippen molar-refractivity contribution in [3.8, 4) is 0 Å². The lowest BCUT2D eigenvalue weighted by atomic mass is 10.9. The minimum atomic E-state index is 1.57. The van der Waals surface area contributed by atoms with Crippen LogP contribution in [0.1, 0.15) is 0 Å². The number of hydrogen-bond acceptors (Lipinski definition) is 4. The Morgan fingerprint density at radius 3 is 2.43 bits per heavy atom. The van der Waals surface area contributed by atoms with Gasteiger partial charge in [0.1, 0.15) is 0 Å². The Bertz CT molecular complexity index is 82.2. The quantitative estimate of drug-likeness (QED) is 0.434. The zero-order valence-corrected chi connectivity index (χ0v) is 4.89. The normalized spacial score (nSPS) is 19.1. The molecule has 0 aromatic rings. The van der Waals surface area contributed by atoms with Crippen LogP contribution in [-0.2, 0) is 0 Å². The zero-order chi connectivity index (χ0) is 5.28. The van der Waals surface area contributed by atoms with Crippen LogP contribution in [0.2, 0.25) is 0 Å². The van der Waals surface area contributed by atoms with Gasteiger partial charge in [0.05, 0.1) is 0 Å². The SMILES string of the molecule is CN1C=CN(S)N1. The van der Waals surface area contributed by atoms with E-state index in [1.807, 2.05) is 19.4 Å². The first-order valence-electron chi connectivity index (χ1n) is 1.94. The zero-order valence-electron chi connectivity index (χ0n) is 4.00. The monoisotopic (exact) mass is 117 g/mol. The Morgan fingerprint density at radius 2 is 2.29 bits per heavy atom. The summed E-state index contributed by atoms with van der Waals surface area (Å²) in [5.74, 6) is 0. The fourth-order valence-corrected chi connectivity index (χ4v) is 0.592. The molecule has 1 heterocycles. The highest BCUT2D eigenvalue weighted by molar-refractivity contribution is 7.77. The number of nitrogens with one attached hydrogen (secondary N) is 1. The Kier molecular flexibility index (Phi) is 1.12. The molecule has 0 fully saturated rings. The second-order valence-electron chi connectivity index (χ2n) is 1.35. The third kappa shape index (κ3) is 1.01. The second kappa shape index (κ2) is 1.63. The van der Waals surface area contributed by atoms with E-state index in [4.69, 9.17) is 0 Å². The first kappa shape index (κ1) is 4.80. The molecule has 0 saturated heterocycles. The molecule has 40 valence electrons. The summed E-state index contributed by atoms with van der Waals surface area (Å²) in [5.41, 5.74) is 2.84. The predicted octanol–water partition coefficient (Wildman–Crippen LogP) is -0.0306. The van der Waals surface area contributed by atoms with Gasteiger partial charge >= 0.3 is 0 Å². The van der Waals surface area contributed by atoms with E-state index in [1.165, 1.54) is 0 Å². The van der Waals surface area contributed by atoms with Gasteiger partial charge in [0.15, 0.2) is 0 Å². The van der Waals surface area contributed by atoms with Gasteiger partial charge in [0, 0.05) is 19.4 Å². The lowest BCUT2D eigenvalue weighted by Gasteiger charge is -2.11. The predicted molar refractivity (Wildman–Crippen MR) is 30.9 cm³/mol. The highest BCUT2D eigenvalue weighted by Gasteiger charge is 1.99. The molecule has 0 saturated carbocycles. The Labute approximate surface area is 48.1 Å². The van der Waals surface area contributed by atoms with Crippen LogP contribution in [0.4, 0.5) is 0 Å². The van der Waals surface area contributed by atoms with E-state index in [2.05, 4.69) is 18.3 Å². The van der Waals surface area contributed by atoms with Gasteiger partial charge in [0.2, 0.25) is 0 Å². The fourth-order valence-electron chi connectivity index (χ4n) is 0.391. The molecule has 0 unspecified atom stereocenters. The van der Waals surface area contributed by atoms with Gasteiger partial charge < -0.3 is 0 Å². The molecular formula is C3H7N3S. The van der Waals surface area contributed by atoms with Gasteiger partial charge in [-0.15, -0.1) is 5.53 Å². The summed E-state index contributed by atoms with van der Waals surface area (Å²) < 4.78 is 1.57. The third-order valence-corrected chi connectivity index (χ3v) is 0.914. The molecular weight excluding hydrogens is 110 g/mol. The Hall–Kier alpha value is -0.350. The van der Waals surface area contributed by atoms with E-state index in [0.717, 1.165) is 0 Å². The topological polar surface area (TPSA) is 18.5 Å². The molecule has 3 nitrogen and oxygen atoms in total. The number of hydrogen-bond donors (Lipinski definition) is 2. The summed E-state index contributed by atoms with van der Waals surface area (Å²) in [5, 5.41) is 1.80. The summed E-state index contributed by atoms with van der Waals surface area (Å²) in [6.45, 7) is 0. The van der Waals surface area contributed by atoms with Crippen molar-refractivity contribution in [2.45, 2.75) is 0 Å². The van der Waals surface area contributed by atoms with Crippen molar-refractivity contribution in [3.05, 3.63) is 12.4 Å². The van der Waals surface area contributed by atoms with Crippen molar-refractivity contribution in [1.82, 2.24) is 15.0 Å². The van der Waals surface area contributed by atoms with Crippen LogP contribution in [0, 0.1) is 0 Å². The molecule has 1 aliphatic heterocycles. The molecule has 0 aromatic heterocycles. The van der Waals surface area contributed by atoms with Crippen LogP contribution in [-0.4, -0.2) is 16.5 Å². The highest BCUT2D eigenvalue weighted by Crippen LogP contribution is 1.97. The summed E-state index contributed by atoms with van der Waals surface area (Å²) >= 11 is 3.95. The first-order chi connectivity index (χ1) is 3.29. The summed E-state index contributed by atoms with van der Waals surface area (Å²) in [6.07, 6.45) is 3.68. The van der Waals surface area contributed by atoms with Crippen molar-refractivity contribution in [2.24, 2.45) is 0 Å². The molecule has 1 aliphatic rings. The molecule has 4 heteroatoms. The molecule has 0 atom stereocenters. The lowest BCUT2D eigenvalue weighted by molar-refractivity contribution is 0.257. The van der Waals surface area contributed by atoms with Crippen LogP contribution in [0.15, 0.2) is 12.4 Å². The van der Waals surface area contributed by atoms with Crippen molar-refractivity contribution < 1.29 is 0 Å². The van der Waals surface area contributed by atoms with Crippen LogP contribution < -0.4 is 5.53 Å². The average Bonchev–Trinajstić information content (AvgIpc) is 1.87. The van der Waals surface area contributed by atoms with Gasteiger partial charge in [-0.25, -0.2) is 4.41 Å². The van der Waals surface area contributed by atoms with E-state index in [0.29, 0.717) is 0 Å². The number of rotatable bonds is 0. The van der Waals surface area contributed by atoms with Gasteiger partial charge in [-0.3, -0.25) is 5.01 Å². The maximum atomic E-state index is 3.95. The highest BCUT2D eigenvalue weighted by atomic mass is 32.1. The molecule has 0 spiro atoms. The fraction of sp³-hybridized carbons (Fsp3) is 0.333. The van der Waals surface area contributed by atoms with Crippen molar-refractivity contribution in [2.75, 3.05) is 7.05 Å². The minimum absolute atomic E-state index is 1.57. The van der Waals surface area contributed by atoms with E-state index in [1.54, 1.807) is 9.42 Å². The lowest BCUT2D eigenvalue weighted by Crippen LogP contribution is -2.30. The van der Waals surface area contributed by atoms with Gasteiger partial charge in [0.25, 0.3) is 0 Å². The standard InChI is InChI=1S/C3H7N3S/c1-5-2-3-6(7)4-5/h2-4,7H,1H3. The van der Waals surface area contributed by atoms with E-state index in [9.17, 15) is 0 Å². The van der Waals surface area contributed by atoms with E-state index >= 15 is 0 Å². The Balaban J connectivity index is 2.42. The minimum Gasteiger partial charge on any atom is -0.299 e. The molecule has 1 N–H and O–H groups in total. The number of hydrazine groups is 2. The van der Waals surface area contributed by atoms with Crippen molar-refractivity contribution in [1.29, 1.82) is 0 Å².